The van der Waals surface area contributed by atoms with Gasteiger partial charge in [0.15, 0.2) is 0 Å². The first-order chi connectivity index (χ1) is 12.7. The lowest BCUT2D eigenvalue weighted by molar-refractivity contribution is -0.121. The van der Waals surface area contributed by atoms with Crippen LogP contribution in [0.3, 0.4) is 0 Å². The van der Waals surface area contributed by atoms with Gasteiger partial charge < -0.3 is 5.32 Å². The molecule has 0 aliphatic carbocycles. The molecule has 0 unspecified atom stereocenters. The first-order valence-corrected chi connectivity index (χ1v) is 10.6. The van der Waals surface area contributed by atoms with Crippen molar-refractivity contribution in [1.29, 1.82) is 0 Å². The Labute approximate surface area is 160 Å². The Kier molecular flexibility index (Phi) is 6.96. The Morgan fingerprint density at radius 1 is 1.15 bits per heavy atom. The minimum atomic E-state index is -3.44. The summed E-state index contributed by atoms with van der Waals surface area (Å²) < 4.78 is 38.6. The van der Waals surface area contributed by atoms with Gasteiger partial charge in [0, 0.05) is 13.0 Å². The molecule has 0 aromatic heterocycles. The second-order valence-electron chi connectivity index (χ2n) is 6.57. The average molecular weight is 392 g/mol. The maximum atomic E-state index is 13.0. The van der Waals surface area contributed by atoms with Crippen LogP contribution in [-0.2, 0) is 14.8 Å². The molecule has 0 heterocycles. The van der Waals surface area contributed by atoms with E-state index in [0.717, 1.165) is 17.4 Å². The van der Waals surface area contributed by atoms with Crippen LogP contribution in [0.2, 0.25) is 0 Å². The highest BCUT2D eigenvalue weighted by atomic mass is 32.2. The fourth-order valence-electron chi connectivity index (χ4n) is 2.84. The lowest BCUT2D eigenvalue weighted by Gasteiger charge is -2.24. The van der Waals surface area contributed by atoms with Crippen molar-refractivity contribution < 1.29 is 17.6 Å². The summed E-state index contributed by atoms with van der Waals surface area (Å²) in [4.78, 5) is 12.2. The van der Waals surface area contributed by atoms with E-state index < -0.39 is 10.0 Å². The molecule has 0 fully saturated rings. The highest BCUT2D eigenvalue weighted by Crippen LogP contribution is 2.22. The SMILES string of the molecule is Cc1ccccc1N(CCCC(=O)N[C@H](C)c1ccc(F)cc1)S(C)(=O)=O. The summed E-state index contributed by atoms with van der Waals surface area (Å²) in [6.45, 7) is 3.90. The molecular weight excluding hydrogens is 367 g/mol. The van der Waals surface area contributed by atoms with E-state index in [1.165, 1.54) is 16.4 Å². The zero-order chi connectivity index (χ0) is 20.0. The Bertz CT molecular complexity index is 882. The molecule has 7 heteroatoms. The van der Waals surface area contributed by atoms with E-state index in [1.54, 1.807) is 24.3 Å². The second kappa shape index (κ2) is 8.99. The summed E-state index contributed by atoms with van der Waals surface area (Å²) in [6, 6.07) is 13.0. The molecule has 1 amide bonds. The molecule has 5 nitrogen and oxygen atoms in total. The number of hydrogen-bond donors (Lipinski definition) is 1. The second-order valence-corrected chi connectivity index (χ2v) is 8.47. The molecule has 27 heavy (non-hydrogen) atoms. The van der Waals surface area contributed by atoms with E-state index in [1.807, 2.05) is 26.0 Å². The van der Waals surface area contributed by atoms with Crippen LogP contribution < -0.4 is 9.62 Å². The van der Waals surface area contributed by atoms with E-state index in [0.29, 0.717) is 12.1 Å². The van der Waals surface area contributed by atoms with Gasteiger partial charge in [0.1, 0.15) is 5.82 Å². The van der Waals surface area contributed by atoms with Crippen molar-refractivity contribution in [3.8, 4) is 0 Å². The number of sulfonamides is 1. The topological polar surface area (TPSA) is 66.5 Å². The van der Waals surface area contributed by atoms with E-state index in [-0.39, 0.29) is 30.7 Å². The Morgan fingerprint density at radius 2 is 1.78 bits per heavy atom. The van der Waals surface area contributed by atoms with Crippen LogP contribution in [0.15, 0.2) is 48.5 Å². The Balaban J connectivity index is 1.93. The summed E-state index contributed by atoms with van der Waals surface area (Å²) in [7, 11) is -3.44. The minimum Gasteiger partial charge on any atom is -0.350 e. The molecule has 0 aliphatic rings. The van der Waals surface area contributed by atoms with Crippen molar-refractivity contribution in [3.63, 3.8) is 0 Å². The summed E-state index contributed by atoms with van der Waals surface area (Å²) in [5, 5.41) is 2.85. The number of benzene rings is 2. The molecule has 0 aliphatic heterocycles. The van der Waals surface area contributed by atoms with Gasteiger partial charge in [-0.1, -0.05) is 30.3 Å². The van der Waals surface area contributed by atoms with Crippen molar-refractivity contribution in [3.05, 3.63) is 65.5 Å². The number of halogens is 1. The van der Waals surface area contributed by atoms with Gasteiger partial charge in [-0.05, 0) is 49.6 Å². The van der Waals surface area contributed by atoms with Crippen LogP contribution in [0.5, 0.6) is 0 Å². The van der Waals surface area contributed by atoms with Gasteiger partial charge in [0.25, 0.3) is 0 Å². The average Bonchev–Trinajstić information content (AvgIpc) is 2.59. The van der Waals surface area contributed by atoms with Gasteiger partial charge in [-0.2, -0.15) is 0 Å². The molecule has 1 N–H and O–H groups in total. The number of nitrogens with one attached hydrogen (secondary N) is 1. The third-order valence-electron chi connectivity index (χ3n) is 4.30. The highest BCUT2D eigenvalue weighted by Gasteiger charge is 2.19. The first kappa shape index (κ1) is 20.9. The predicted octanol–water partition coefficient (Wildman–Crippen LogP) is 3.56. The molecule has 2 aromatic rings. The molecule has 2 aromatic carbocycles. The predicted molar refractivity (Wildman–Crippen MR) is 106 cm³/mol. The number of hydrogen-bond acceptors (Lipinski definition) is 3. The van der Waals surface area contributed by atoms with Gasteiger partial charge in [-0.15, -0.1) is 0 Å². The molecule has 0 saturated heterocycles. The molecule has 2 rings (SSSR count). The lowest BCUT2D eigenvalue weighted by Crippen LogP contribution is -2.33. The van der Waals surface area contributed by atoms with E-state index >= 15 is 0 Å². The smallest absolute Gasteiger partial charge is 0.232 e. The van der Waals surface area contributed by atoms with E-state index in [9.17, 15) is 17.6 Å². The first-order valence-electron chi connectivity index (χ1n) is 8.76. The number of aryl methyl sites for hydroxylation is 1. The lowest BCUT2D eigenvalue weighted by atomic mass is 10.1. The highest BCUT2D eigenvalue weighted by molar-refractivity contribution is 7.92. The van der Waals surface area contributed by atoms with Crippen LogP contribution in [0, 0.1) is 12.7 Å². The van der Waals surface area contributed by atoms with Crippen molar-refractivity contribution in [2.24, 2.45) is 0 Å². The van der Waals surface area contributed by atoms with Crippen LogP contribution in [-0.4, -0.2) is 27.1 Å². The van der Waals surface area contributed by atoms with Gasteiger partial charge in [0.2, 0.25) is 15.9 Å². The number of nitrogens with zero attached hydrogens (tertiary/aromatic N) is 1. The van der Waals surface area contributed by atoms with Gasteiger partial charge in [-0.25, -0.2) is 12.8 Å². The monoisotopic (exact) mass is 392 g/mol. The van der Waals surface area contributed by atoms with Crippen molar-refractivity contribution >= 4 is 21.6 Å². The van der Waals surface area contributed by atoms with Crippen LogP contribution in [0.25, 0.3) is 0 Å². The molecule has 0 saturated carbocycles. The molecule has 0 bridgehead atoms. The number of rotatable bonds is 8. The maximum absolute atomic E-state index is 13.0. The minimum absolute atomic E-state index is 0.176. The van der Waals surface area contributed by atoms with Crippen LogP contribution in [0.1, 0.15) is 36.9 Å². The maximum Gasteiger partial charge on any atom is 0.232 e. The summed E-state index contributed by atoms with van der Waals surface area (Å²) >= 11 is 0. The zero-order valence-corrected chi connectivity index (χ0v) is 16.6. The zero-order valence-electron chi connectivity index (χ0n) is 15.8. The fourth-order valence-corrected chi connectivity index (χ4v) is 3.86. The number of anilines is 1. The van der Waals surface area contributed by atoms with Gasteiger partial charge >= 0.3 is 0 Å². The molecule has 0 spiro atoms. The molecular formula is C20H25FN2O3S. The standard InChI is InChI=1S/C20H25FN2O3S/c1-15-7-4-5-8-19(15)23(27(3,25)26)14-6-9-20(24)22-16(2)17-10-12-18(21)13-11-17/h4-5,7-8,10-13,16H,6,9,14H2,1-3H3,(H,22,24)/t16-/m1/s1. The molecule has 146 valence electrons. The number of carbonyl (C=O) groups excluding carboxylic acids is 1. The number of para-hydroxylation sites is 1. The third-order valence-corrected chi connectivity index (χ3v) is 5.48. The van der Waals surface area contributed by atoms with Crippen LogP contribution in [0.4, 0.5) is 10.1 Å². The Morgan fingerprint density at radius 3 is 2.37 bits per heavy atom. The summed E-state index contributed by atoms with van der Waals surface area (Å²) in [5.74, 6) is -0.501. The number of amides is 1. The van der Waals surface area contributed by atoms with Crippen molar-refractivity contribution in [1.82, 2.24) is 5.32 Å². The normalized spacial score (nSPS) is 12.4. The summed E-state index contributed by atoms with van der Waals surface area (Å²) in [5.41, 5.74) is 2.29. The van der Waals surface area contributed by atoms with Crippen molar-refractivity contribution in [2.45, 2.75) is 32.7 Å². The van der Waals surface area contributed by atoms with Crippen LogP contribution >= 0.6 is 0 Å². The van der Waals surface area contributed by atoms with E-state index in [4.69, 9.17) is 0 Å². The quantitative estimate of drug-likeness (QED) is 0.747. The Hall–Kier alpha value is -2.41. The van der Waals surface area contributed by atoms with E-state index in [2.05, 4.69) is 5.32 Å². The molecule has 1 atom stereocenters. The largest absolute Gasteiger partial charge is 0.350 e. The van der Waals surface area contributed by atoms with Gasteiger partial charge in [-0.3, -0.25) is 9.10 Å². The molecule has 0 radical (unpaired) electrons. The summed E-state index contributed by atoms with van der Waals surface area (Å²) in [6.07, 6.45) is 1.75. The van der Waals surface area contributed by atoms with Crippen molar-refractivity contribution in [2.75, 3.05) is 17.1 Å². The number of carbonyl (C=O) groups is 1. The van der Waals surface area contributed by atoms with Gasteiger partial charge in [0.05, 0.1) is 18.0 Å². The third kappa shape index (κ3) is 6.06. The fraction of sp³-hybridized carbons (Fsp3) is 0.350.